The monoisotopic (exact) mass is 197 g/mol. The lowest BCUT2D eigenvalue weighted by molar-refractivity contribution is -0.143. The molecule has 3 heteroatoms. The van der Waals surface area contributed by atoms with Crippen molar-refractivity contribution < 1.29 is 9.90 Å². The maximum absolute atomic E-state index is 10.9. The van der Waals surface area contributed by atoms with Gasteiger partial charge >= 0.3 is 5.97 Å². The van der Waals surface area contributed by atoms with Crippen molar-refractivity contribution in [3.8, 4) is 0 Å². The molecular weight excluding hydrogens is 178 g/mol. The fourth-order valence-electron chi connectivity index (χ4n) is 2.45. The van der Waals surface area contributed by atoms with E-state index in [2.05, 4.69) is 11.8 Å². The highest BCUT2D eigenvalue weighted by molar-refractivity contribution is 5.70. The Bertz CT molecular complexity index is 225. The Kier molecular flexibility index (Phi) is 2.77. The van der Waals surface area contributed by atoms with Crippen LogP contribution in [0.5, 0.6) is 0 Å². The Morgan fingerprint density at radius 3 is 2.71 bits per heavy atom. The van der Waals surface area contributed by atoms with E-state index in [1.807, 2.05) is 0 Å². The standard InChI is InChI=1S/C11H19NO2/c1-8(9-4-5-9)12-6-2-3-10(7-12)11(13)14/h8-10H,2-7H2,1H3,(H,13,14). The van der Waals surface area contributed by atoms with Gasteiger partial charge < -0.3 is 5.11 Å². The summed E-state index contributed by atoms with van der Waals surface area (Å²) in [4.78, 5) is 13.3. The van der Waals surface area contributed by atoms with E-state index in [0.29, 0.717) is 6.04 Å². The molecule has 1 saturated heterocycles. The van der Waals surface area contributed by atoms with Crippen molar-refractivity contribution >= 4 is 5.97 Å². The number of hydrogen-bond acceptors (Lipinski definition) is 2. The Morgan fingerprint density at radius 2 is 2.14 bits per heavy atom. The molecule has 1 saturated carbocycles. The van der Waals surface area contributed by atoms with Crippen LogP contribution in [-0.4, -0.2) is 35.1 Å². The highest BCUT2D eigenvalue weighted by atomic mass is 16.4. The summed E-state index contributed by atoms with van der Waals surface area (Å²) < 4.78 is 0. The molecule has 0 amide bonds. The summed E-state index contributed by atoms with van der Waals surface area (Å²) in [6.45, 7) is 4.12. The maximum atomic E-state index is 10.9. The van der Waals surface area contributed by atoms with Gasteiger partial charge in [-0.15, -0.1) is 0 Å². The molecule has 0 aromatic carbocycles. The maximum Gasteiger partial charge on any atom is 0.307 e. The first kappa shape index (κ1) is 9.97. The molecule has 2 atom stereocenters. The van der Waals surface area contributed by atoms with Crippen molar-refractivity contribution in [3.63, 3.8) is 0 Å². The summed E-state index contributed by atoms with van der Waals surface area (Å²) >= 11 is 0. The third-order valence-electron chi connectivity index (χ3n) is 3.68. The first-order valence-electron chi connectivity index (χ1n) is 5.65. The average molecular weight is 197 g/mol. The summed E-state index contributed by atoms with van der Waals surface area (Å²) in [6.07, 6.45) is 4.60. The molecule has 0 bridgehead atoms. The second-order valence-corrected chi connectivity index (χ2v) is 4.75. The number of rotatable bonds is 3. The average Bonchev–Trinajstić information content (AvgIpc) is 3.00. The van der Waals surface area contributed by atoms with Gasteiger partial charge in [-0.05, 0) is 45.1 Å². The second-order valence-electron chi connectivity index (χ2n) is 4.75. The smallest absolute Gasteiger partial charge is 0.307 e. The predicted octanol–water partition coefficient (Wildman–Crippen LogP) is 1.58. The molecule has 2 unspecified atom stereocenters. The largest absolute Gasteiger partial charge is 0.481 e. The van der Waals surface area contributed by atoms with Crippen LogP contribution in [0.3, 0.4) is 0 Å². The number of piperidine rings is 1. The van der Waals surface area contributed by atoms with Crippen LogP contribution >= 0.6 is 0 Å². The Labute approximate surface area is 85.1 Å². The summed E-state index contributed by atoms with van der Waals surface area (Å²) in [5, 5.41) is 8.97. The topological polar surface area (TPSA) is 40.5 Å². The van der Waals surface area contributed by atoms with Crippen LogP contribution in [0.15, 0.2) is 0 Å². The van der Waals surface area contributed by atoms with Crippen molar-refractivity contribution in [1.29, 1.82) is 0 Å². The Balaban J connectivity index is 1.89. The first-order valence-corrected chi connectivity index (χ1v) is 5.65. The molecule has 0 radical (unpaired) electrons. The van der Waals surface area contributed by atoms with Crippen LogP contribution in [-0.2, 0) is 4.79 Å². The van der Waals surface area contributed by atoms with E-state index in [9.17, 15) is 4.79 Å². The molecular formula is C11H19NO2. The first-order chi connectivity index (χ1) is 6.68. The van der Waals surface area contributed by atoms with Gasteiger partial charge in [0.15, 0.2) is 0 Å². The molecule has 2 aliphatic rings. The lowest BCUT2D eigenvalue weighted by atomic mass is 9.96. The quantitative estimate of drug-likeness (QED) is 0.746. The molecule has 3 nitrogen and oxygen atoms in total. The number of aliphatic carboxylic acids is 1. The molecule has 1 aliphatic heterocycles. The minimum Gasteiger partial charge on any atom is -0.481 e. The van der Waals surface area contributed by atoms with Crippen molar-refractivity contribution in [3.05, 3.63) is 0 Å². The normalized spacial score (nSPS) is 31.4. The molecule has 2 rings (SSSR count). The second kappa shape index (κ2) is 3.89. The predicted molar refractivity (Wildman–Crippen MR) is 54.1 cm³/mol. The van der Waals surface area contributed by atoms with E-state index < -0.39 is 5.97 Å². The lowest BCUT2D eigenvalue weighted by Gasteiger charge is -2.35. The van der Waals surface area contributed by atoms with Gasteiger partial charge in [0, 0.05) is 12.6 Å². The third kappa shape index (κ3) is 2.08. The zero-order valence-electron chi connectivity index (χ0n) is 8.78. The number of carbonyl (C=O) groups is 1. The van der Waals surface area contributed by atoms with Gasteiger partial charge in [-0.25, -0.2) is 0 Å². The summed E-state index contributed by atoms with van der Waals surface area (Å²) in [7, 11) is 0. The van der Waals surface area contributed by atoms with Crippen molar-refractivity contribution in [2.24, 2.45) is 11.8 Å². The number of carboxylic acids is 1. The van der Waals surface area contributed by atoms with E-state index >= 15 is 0 Å². The summed E-state index contributed by atoms with van der Waals surface area (Å²) in [5.74, 6) is 0.116. The highest BCUT2D eigenvalue weighted by Crippen LogP contribution is 2.36. The number of hydrogen-bond donors (Lipinski definition) is 1. The summed E-state index contributed by atoms with van der Waals surface area (Å²) in [5.41, 5.74) is 0. The van der Waals surface area contributed by atoms with Gasteiger partial charge in [-0.2, -0.15) is 0 Å². The number of likely N-dealkylation sites (tertiary alicyclic amines) is 1. The molecule has 1 N–H and O–H groups in total. The molecule has 14 heavy (non-hydrogen) atoms. The molecule has 0 aromatic rings. The van der Waals surface area contributed by atoms with E-state index in [1.165, 1.54) is 12.8 Å². The molecule has 2 fully saturated rings. The number of nitrogens with zero attached hydrogens (tertiary/aromatic N) is 1. The fourth-order valence-corrected chi connectivity index (χ4v) is 2.45. The molecule has 1 aliphatic carbocycles. The highest BCUT2D eigenvalue weighted by Gasteiger charge is 2.35. The van der Waals surface area contributed by atoms with Gasteiger partial charge in [0.05, 0.1) is 5.92 Å². The fraction of sp³-hybridized carbons (Fsp3) is 0.909. The Hall–Kier alpha value is -0.570. The van der Waals surface area contributed by atoms with Gasteiger partial charge in [-0.1, -0.05) is 0 Å². The van der Waals surface area contributed by atoms with Crippen molar-refractivity contribution in [1.82, 2.24) is 4.90 Å². The molecule has 0 aromatic heterocycles. The molecule has 0 spiro atoms. The van der Waals surface area contributed by atoms with Gasteiger partial charge in [-0.3, -0.25) is 9.69 Å². The van der Waals surface area contributed by atoms with Crippen LogP contribution in [0.1, 0.15) is 32.6 Å². The molecule has 80 valence electrons. The van der Waals surface area contributed by atoms with Gasteiger partial charge in [0.1, 0.15) is 0 Å². The van der Waals surface area contributed by atoms with E-state index in [0.717, 1.165) is 31.8 Å². The zero-order valence-corrected chi connectivity index (χ0v) is 8.78. The lowest BCUT2D eigenvalue weighted by Crippen LogP contribution is -2.44. The van der Waals surface area contributed by atoms with Crippen LogP contribution in [0, 0.1) is 11.8 Å². The van der Waals surface area contributed by atoms with Crippen molar-refractivity contribution in [2.45, 2.75) is 38.6 Å². The van der Waals surface area contributed by atoms with Crippen LogP contribution in [0.25, 0.3) is 0 Å². The SMILES string of the molecule is CC(C1CC1)N1CCCC(C(=O)O)C1. The minimum atomic E-state index is -0.613. The van der Waals surface area contributed by atoms with E-state index in [-0.39, 0.29) is 5.92 Å². The van der Waals surface area contributed by atoms with E-state index in [1.54, 1.807) is 0 Å². The van der Waals surface area contributed by atoms with Gasteiger partial charge in [0.25, 0.3) is 0 Å². The van der Waals surface area contributed by atoms with Gasteiger partial charge in [0.2, 0.25) is 0 Å². The summed E-state index contributed by atoms with van der Waals surface area (Å²) in [6, 6.07) is 0.608. The third-order valence-corrected chi connectivity index (χ3v) is 3.68. The van der Waals surface area contributed by atoms with Crippen LogP contribution < -0.4 is 0 Å². The van der Waals surface area contributed by atoms with E-state index in [4.69, 9.17) is 5.11 Å². The van der Waals surface area contributed by atoms with Crippen LogP contribution in [0.2, 0.25) is 0 Å². The van der Waals surface area contributed by atoms with Crippen molar-refractivity contribution in [2.75, 3.05) is 13.1 Å². The van der Waals surface area contributed by atoms with Crippen LogP contribution in [0.4, 0.5) is 0 Å². The zero-order chi connectivity index (χ0) is 10.1. The minimum absolute atomic E-state index is 0.120. The number of carboxylic acid groups (broad SMARTS) is 1. The Morgan fingerprint density at radius 1 is 1.43 bits per heavy atom. The molecule has 1 heterocycles.